The zero-order valence-electron chi connectivity index (χ0n) is 13.0. The molecule has 0 saturated heterocycles. The summed E-state index contributed by atoms with van der Waals surface area (Å²) in [5.41, 5.74) is 0.915. The van der Waals surface area contributed by atoms with E-state index in [2.05, 4.69) is 19.2 Å². The lowest BCUT2D eigenvalue weighted by Gasteiger charge is -2.22. The van der Waals surface area contributed by atoms with Gasteiger partial charge in [0.25, 0.3) is 5.91 Å². The van der Waals surface area contributed by atoms with Crippen LogP contribution in [0, 0.1) is 12.8 Å². The van der Waals surface area contributed by atoms with E-state index in [1.54, 1.807) is 6.07 Å². The molecule has 5 heteroatoms. The van der Waals surface area contributed by atoms with Crippen molar-refractivity contribution in [3.63, 3.8) is 0 Å². The molecular weight excluding hydrogens is 286 g/mol. The van der Waals surface area contributed by atoms with Crippen molar-refractivity contribution < 1.29 is 14.7 Å². The number of thiophene rings is 1. The molecule has 4 nitrogen and oxygen atoms in total. The first-order chi connectivity index (χ1) is 9.88. The molecule has 0 bridgehead atoms. The second kappa shape index (κ2) is 7.98. The topological polar surface area (TPSA) is 66.4 Å². The zero-order valence-corrected chi connectivity index (χ0v) is 13.8. The molecule has 2 N–H and O–H groups in total. The van der Waals surface area contributed by atoms with Crippen LogP contribution in [0.15, 0.2) is 12.1 Å². The minimum absolute atomic E-state index is 0.0857. The van der Waals surface area contributed by atoms with E-state index in [1.165, 1.54) is 17.4 Å². The summed E-state index contributed by atoms with van der Waals surface area (Å²) in [6.07, 6.45) is 4.69. The Morgan fingerprint density at radius 1 is 1.38 bits per heavy atom. The van der Waals surface area contributed by atoms with E-state index in [0.717, 1.165) is 29.4 Å². The molecule has 21 heavy (non-hydrogen) atoms. The summed E-state index contributed by atoms with van der Waals surface area (Å²) in [5.74, 6) is -0.602. The van der Waals surface area contributed by atoms with Gasteiger partial charge in [0, 0.05) is 17.0 Å². The molecule has 0 aliphatic rings. The Labute approximate surface area is 129 Å². The predicted octanol–water partition coefficient (Wildman–Crippen LogP) is 3.71. The molecule has 0 spiro atoms. The summed E-state index contributed by atoms with van der Waals surface area (Å²) < 4.78 is 0. The number of carbonyl (C=O) groups excluding carboxylic acids is 1. The first kappa shape index (κ1) is 17.4. The summed E-state index contributed by atoms with van der Waals surface area (Å²) in [6, 6.07) is 1.94. The molecule has 0 aromatic carbocycles. The molecule has 0 aliphatic heterocycles. The Hall–Kier alpha value is -1.62. The van der Waals surface area contributed by atoms with Gasteiger partial charge in [-0.05, 0) is 37.5 Å². The second-order valence-electron chi connectivity index (χ2n) is 5.17. The number of carboxylic acid groups (broad SMARTS) is 1. The number of rotatable bonds is 7. The molecule has 0 radical (unpaired) electrons. The maximum absolute atomic E-state index is 12.3. The Kier molecular flexibility index (Phi) is 6.62. The number of hydrogen-bond donors (Lipinski definition) is 2. The van der Waals surface area contributed by atoms with Crippen molar-refractivity contribution in [1.29, 1.82) is 0 Å². The van der Waals surface area contributed by atoms with Crippen molar-refractivity contribution in [2.75, 3.05) is 0 Å². The molecular formula is C16H23NO3S. The summed E-state index contributed by atoms with van der Waals surface area (Å²) in [6.45, 7) is 8.15. The smallest absolute Gasteiger partial charge is 0.328 e. The molecule has 0 aliphatic carbocycles. The number of aryl methyl sites for hydroxylation is 1. The Bertz CT molecular complexity index is 530. The lowest BCUT2D eigenvalue weighted by molar-refractivity contribution is -0.131. The van der Waals surface area contributed by atoms with Crippen LogP contribution in [0.5, 0.6) is 0 Å². The summed E-state index contributed by atoms with van der Waals surface area (Å²) in [7, 11) is 0. The minimum Gasteiger partial charge on any atom is -0.478 e. The van der Waals surface area contributed by atoms with E-state index in [-0.39, 0.29) is 11.9 Å². The van der Waals surface area contributed by atoms with Crippen molar-refractivity contribution in [1.82, 2.24) is 5.32 Å². The average molecular weight is 309 g/mol. The third-order valence-corrected chi connectivity index (χ3v) is 4.87. The molecule has 1 aromatic heterocycles. The van der Waals surface area contributed by atoms with Crippen LogP contribution in [-0.4, -0.2) is 23.0 Å². The summed E-state index contributed by atoms with van der Waals surface area (Å²) in [5, 5.41) is 11.7. The number of carbonyl (C=O) groups is 2. The van der Waals surface area contributed by atoms with E-state index in [4.69, 9.17) is 5.11 Å². The normalized spacial score (nSPS) is 12.8. The van der Waals surface area contributed by atoms with Crippen LogP contribution in [0.3, 0.4) is 0 Å². The zero-order chi connectivity index (χ0) is 16.0. The highest BCUT2D eigenvalue weighted by atomic mass is 32.1. The Morgan fingerprint density at radius 2 is 2.00 bits per heavy atom. The number of hydrogen-bond acceptors (Lipinski definition) is 3. The minimum atomic E-state index is -0.990. The first-order valence-electron chi connectivity index (χ1n) is 7.21. The van der Waals surface area contributed by atoms with Gasteiger partial charge < -0.3 is 10.4 Å². The van der Waals surface area contributed by atoms with Crippen LogP contribution in [0.1, 0.15) is 53.7 Å². The molecule has 0 fully saturated rings. The van der Waals surface area contributed by atoms with Gasteiger partial charge in [0.05, 0.1) is 4.88 Å². The van der Waals surface area contributed by atoms with E-state index in [0.29, 0.717) is 10.8 Å². The van der Waals surface area contributed by atoms with Crippen molar-refractivity contribution >= 4 is 29.3 Å². The van der Waals surface area contributed by atoms with Gasteiger partial charge in [-0.25, -0.2) is 4.79 Å². The molecule has 1 atom stereocenters. The van der Waals surface area contributed by atoms with Crippen molar-refractivity contribution in [3.8, 4) is 0 Å². The Balaban J connectivity index is 2.80. The quantitative estimate of drug-likeness (QED) is 0.755. The third-order valence-electron chi connectivity index (χ3n) is 3.67. The van der Waals surface area contributed by atoms with Gasteiger partial charge in [0.2, 0.25) is 0 Å². The van der Waals surface area contributed by atoms with E-state index >= 15 is 0 Å². The van der Waals surface area contributed by atoms with Crippen LogP contribution >= 0.6 is 11.3 Å². The predicted molar refractivity (Wildman–Crippen MR) is 86.7 cm³/mol. The highest BCUT2D eigenvalue weighted by Crippen LogP contribution is 2.24. The van der Waals surface area contributed by atoms with Gasteiger partial charge in [-0.2, -0.15) is 0 Å². The summed E-state index contributed by atoms with van der Waals surface area (Å²) >= 11 is 1.32. The monoisotopic (exact) mass is 309 g/mol. The standard InChI is InChI=1S/C16H23NO3S/c1-5-12(6-2)11(4)17-16(20)14-9-10(3)13(21-14)7-8-15(18)19/h7-9,11-12H,5-6H2,1-4H3,(H,17,20)(H,18,19)/b8-7+. The van der Waals surface area contributed by atoms with Crippen molar-refractivity contribution in [2.24, 2.45) is 5.92 Å². The molecule has 0 saturated carbocycles. The Morgan fingerprint density at radius 3 is 2.52 bits per heavy atom. The number of carboxylic acids is 1. The van der Waals surface area contributed by atoms with Gasteiger partial charge in [-0.15, -0.1) is 11.3 Å². The molecule has 1 heterocycles. The maximum Gasteiger partial charge on any atom is 0.328 e. The fourth-order valence-corrected chi connectivity index (χ4v) is 3.29. The first-order valence-corrected chi connectivity index (χ1v) is 8.02. The van der Waals surface area contributed by atoms with E-state index in [1.807, 2.05) is 13.8 Å². The van der Waals surface area contributed by atoms with Gasteiger partial charge in [0.1, 0.15) is 0 Å². The molecule has 116 valence electrons. The van der Waals surface area contributed by atoms with Gasteiger partial charge in [0.15, 0.2) is 0 Å². The molecule has 1 rings (SSSR count). The largest absolute Gasteiger partial charge is 0.478 e. The fourth-order valence-electron chi connectivity index (χ4n) is 2.31. The average Bonchev–Trinajstić information content (AvgIpc) is 2.79. The SMILES string of the molecule is CCC(CC)C(C)NC(=O)c1cc(C)c(/C=C/C(=O)O)s1. The van der Waals surface area contributed by atoms with Crippen LogP contribution < -0.4 is 5.32 Å². The number of nitrogens with one attached hydrogen (secondary N) is 1. The van der Waals surface area contributed by atoms with Crippen LogP contribution in [0.25, 0.3) is 6.08 Å². The highest BCUT2D eigenvalue weighted by Gasteiger charge is 2.18. The van der Waals surface area contributed by atoms with Gasteiger partial charge in [-0.1, -0.05) is 26.7 Å². The lowest BCUT2D eigenvalue weighted by atomic mass is 9.95. The molecule has 1 unspecified atom stereocenters. The lowest BCUT2D eigenvalue weighted by Crippen LogP contribution is -2.37. The maximum atomic E-state index is 12.3. The van der Waals surface area contributed by atoms with Crippen molar-refractivity contribution in [3.05, 3.63) is 27.5 Å². The van der Waals surface area contributed by atoms with Gasteiger partial charge >= 0.3 is 5.97 Å². The second-order valence-corrected chi connectivity index (χ2v) is 6.25. The van der Waals surface area contributed by atoms with Gasteiger partial charge in [-0.3, -0.25) is 4.79 Å². The summed E-state index contributed by atoms with van der Waals surface area (Å²) in [4.78, 5) is 24.2. The third kappa shape index (κ3) is 5.01. The van der Waals surface area contributed by atoms with Crippen LogP contribution in [-0.2, 0) is 4.79 Å². The van der Waals surface area contributed by atoms with E-state index < -0.39 is 5.97 Å². The molecule has 1 amide bonds. The van der Waals surface area contributed by atoms with Crippen LogP contribution in [0.4, 0.5) is 0 Å². The van der Waals surface area contributed by atoms with Crippen LogP contribution in [0.2, 0.25) is 0 Å². The number of aliphatic carboxylic acids is 1. The highest BCUT2D eigenvalue weighted by molar-refractivity contribution is 7.15. The van der Waals surface area contributed by atoms with E-state index in [9.17, 15) is 9.59 Å². The number of amides is 1. The molecule has 1 aromatic rings. The van der Waals surface area contributed by atoms with Crippen molar-refractivity contribution in [2.45, 2.75) is 46.6 Å². The fraction of sp³-hybridized carbons (Fsp3) is 0.500.